The largest absolute Gasteiger partial charge is 0.448 e. The van der Waals surface area contributed by atoms with Gasteiger partial charge in [-0.15, -0.1) is 0 Å². The van der Waals surface area contributed by atoms with Gasteiger partial charge < -0.3 is 10.3 Å². The molecule has 0 amide bonds. The highest BCUT2D eigenvalue weighted by Gasteiger charge is 2.46. The molecule has 0 heterocycles. The Morgan fingerprint density at radius 3 is 1.28 bits per heavy atom. The Bertz CT molecular complexity index is 645. The van der Waals surface area contributed by atoms with Crippen LogP contribution in [0.4, 0.5) is 0 Å². The van der Waals surface area contributed by atoms with Gasteiger partial charge in [0.25, 0.3) is 0 Å². The summed E-state index contributed by atoms with van der Waals surface area (Å²) in [5, 5.41) is 0. The lowest BCUT2D eigenvalue weighted by Gasteiger charge is -2.39. The number of carbonyl (C=O) groups excluding carboxylic acids is 1. The molecule has 0 aromatic carbocycles. The molecule has 0 saturated carbocycles. The molecule has 0 spiro atoms. The molecular formula is C32H67NO5S. The van der Waals surface area contributed by atoms with E-state index in [-0.39, 0.29) is 12.1 Å². The minimum absolute atomic E-state index is 0. The molecule has 0 saturated heterocycles. The maximum Gasteiger partial charge on any atom is 0.448 e. The van der Waals surface area contributed by atoms with Crippen LogP contribution in [0.1, 0.15) is 188 Å². The van der Waals surface area contributed by atoms with Crippen molar-refractivity contribution in [3.8, 4) is 0 Å². The van der Waals surface area contributed by atoms with Crippen molar-refractivity contribution >= 4 is 16.4 Å². The lowest BCUT2D eigenvalue weighted by Crippen LogP contribution is -2.41. The van der Waals surface area contributed by atoms with Crippen molar-refractivity contribution < 1.29 is 21.9 Å². The highest BCUT2D eigenvalue weighted by atomic mass is 32.3. The summed E-state index contributed by atoms with van der Waals surface area (Å²) < 4.78 is 37.0. The van der Waals surface area contributed by atoms with E-state index in [0.717, 1.165) is 64.2 Å². The SMILES string of the molecule is CCCCCCCCCCCCCCCCCC(CCCC)C(CCCC)(CCCC)C(=O)OS(=O)(=O)O.N. The van der Waals surface area contributed by atoms with Crippen molar-refractivity contribution in [3.05, 3.63) is 0 Å². The summed E-state index contributed by atoms with van der Waals surface area (Å²) in [4.78, 5) is 13.3. The van der Waals surface area contributed by atoms with E-state index in [0.29, 0.717) is 12.8 Å². The summed E-state index contributed by atoms with van der Waals surface area (Å²) in [6.45, 7) is 8.61. The van der Waals surface area contributed by atoms with E-state index in [1.54, 1.807) is 0 Å². The van der Waals surface area contributed by atoms with Crippen LogP contribution >= 0.6 is 0 Å². The Morgan fingerprint density at radius 2 is 0.923 bits per heavy atom. The van der Waals surface area contributed by atoms with Crippen molar-refractivity contribution in [2.75, 3.05) is 0 Å². The van der Waals surface area contributed by atoms with Gasteiger partial charge in [-0.3, -0.25) is 9.35 Å². The third-order valence-electron chi connectivity index (χ3n) is 8.38. The van der Waals surface area contributed by atoms with Gasteiger partial charge in [-0.1, -0.05) is 163 Å². The lowest BCUT2D eigenvalue weighted by atomic mass is 9.65. The highest BCUT2D eigenvalue weighted by Crippen LogP contribution is 2.45. The molecule has 1 atom stereocenters. The Kier molecular flexibility index (Phi) is 27.2. The molecular weight excluding hydrogens is 510 g/mol. The van der Waals surface area contributed by atoms with Gasteiger partial charge in [0.2, 0.25) is 0 Å². The first-order valence-electron chi connectivity index (χ1n) is 16.5. The normalized spacial score (nSPS) is 12.7. The fraction of sp³-hybridized carbons (Fsp3) is 0.969. The Hall–Kier alpha value is -0.660. The Labute approximate surface area is 243 Å². The summed E-state index contributed by atoms with van der Waals surface area (Å²) in [5.41, 5.74) is -0.826. The molecule has 0 bridgehead atoms. The van der Waals surface area contributed by atoms with E-state index in [4.69, 9.17) is 0 Å². The predicted octanol–water partition coefficient (Wildman–Crippen LogP) is 10.9. The van der Waals surface area contributed by atoms with Crippen LogP contribution < -0.4 is 6.15 Å². The summed E-state index contributed by atoms with van der Waals surface area (Å²) in [5.74, 6) is -0.638. The predicted molar refractivity (Wildman–Crippen MR) is 167 cm³/mol. The van der Waals surface area contributed by atoms with Crippen molar-refractivity contribution in [1.82, 2.24) is 6.15 Å². The standard InChI is InChI=1S/C32H64O5S.H3N/c1-5-9-13-14-15-16-17-18-19-20-21-22-23-24-25-27-30(26-10-6-2)32(28-11-7-3,29-12-8-4)31(33)37-38(34,35)36;/h30H,5-29H2,1-4H3,(H,34,35,36);1H3. The van der Waals surface area contributed by atoms with Crippen LogP contribution in [0.3, 0.4) is 0 Å². The van der Waals surface area contributed by atoms with Crippen molar-refractivity contribution in [3.63, 3.8) is 0 Å². The first-order valence-corrected chi connectivity index (χ1v) is 17.8. The topological polar surface area (TPSA) is 116 Å². The summed E-state index contributed by atoms with van der Waals surface area (Å²) in [6.07, 6.45) is 28.6. The second-order valence-electron chi connectivity index (χ2n) is 11.7. The average molecular weight is 578 g/mol. The molecule has 236 valence electrons. The molecule has 4 N–H and O–H groups in total. The molecule has 0 aromatic heterocycles. The summed E-state index contributed by atoms with van der Waals surface area (Å²) in [7, 11) is -4.81. The molecule has 39 heavy (non-hydrogen) atoms. The van der Waals surface area contributed by atoms with E-state index in [1.165, 1.54) is 83.5 Å². The molecule has 6 nitrogen and oxygen atoms in total. The first-order chi connectivity index (χ1) is 18.3. The highest BCUT2D eigenvalue weighted by molar-refractivity contribution is 7.81. The molecule has 0 aromatic rings. The molecule has 0 aliphatic heterocycles. The van der Waals surface area contributed by atoms with Crippen LogP contribution in [0.15, 0.2) is 0 Å². The Balaban J connectivity index is 0. The van der Waals surface area contributed by atoms with Gasteiger partial charge in [0, 0.05) is 0 Å². The number of unbranched alkanes of at least 4 members (excludes halogenated alkanes) is 17. The first kappa shape index (κ1) is 40.5. The third-order valence-corrected chi connectivity index (χ3v) is 8.75. The minimum Gasteiger partial charge on any atom is -0.344 e. The number of hydrogen-bond acceptors (Lipinski definition) is 5. The van der Waals surface area contributed by atoms with Gasteiger partial charge in [-0.05, 0) is 31.6 Å². The minimum atomic E-state index is -4.81. The fourth-order valence-corrected chi connectivity index (χ4v) is 6.33. The quantitative estimate of drug-likeness (QED) is 0.0705. The molecule has 0 rings (SSSR count). The van der Waals surface area contributed by atoms with Gasteiger partial charge in [0.1, 0.15) is 0 Å². The zero-order valence-electron chi connectivity index (χ0n) is 26.5. The van der Waals surface area contributed by atoms with Crippen molar-refractivity contribution in [1.29, 1.82) is 0 Å². The van der Waals surface area contributed by atoms with Gasteiger partial charge in [0.15, 0.2) is 0 Å². The van der Waals surface area contributed by atoms with Crippen LogP contribution in [-0.2, 0) is 19.4 Å². The zero-order valence-corrected chi connectivity index (χ0v) is 27.3. The Morgan fingerprint density at radius 1 is 0.590 bits per heavy atom. The van der Waals surface area contributed by atoms with Gasteiger partial charge in [-0.2, -0.15) is 8.42 Å². The zero-order chi connectivity index (χ0) is 28.5. The monoisotopic (exact) mass is 577 g/mol. The second-order valence-corrected chi connectivity index (χ2v) is 12.8. The van der Waals surface area contributed by atoms with E-state index in [9.17, 15) is 17.8 Å². The van der Waals surface area contributed by atoms with Crippen molar-refractivity contribution in [2.24, 2.45) is 11.3 Å². The lowest BCUT2D eigenvalue weighted by molar-refractivity contribution is -0.152. The van der Waals surface area contributed by atoms with E-state index >= 15 is 0 Å². The molecule has 1 unspecified atom stereocenters. The molecule has 0 aliphatic rings. The van der Waals surface area contributed by atoms with E-state index in [1.807, 2.05) is 0 Å². The molecule has 0 fully saturated rings. The molecule has 0 radical (unpaired) electrons. The number of hydrogen-bond donors (Lipinski definition) is 2. The van der Waals surface area contributed by atoms with Gasteiger partial charge in [-0.25, -0.2) is 0 Å². The van der Waals surface area contributed by atoms with Crippen molar-refractivity contribution in [2.45, 2.75) is 188 Å². The van der Waals surface area contributed by atoms with Gasteiger partial charge >= 0.3 is 16.4 Å². The second kappa shape index (κ2) is 26.3. The van der Waals surface area contributed by atoms with Gasteiger partial charge in [0.05, 0.1) is 5.41 Å². The fourth-order valence-electron chi connectivity index (χ4n) is 5.98. The smallest absolute Gasteiger partial charge is 0.344 e. The van der Waals surface area contributed by atoms with E-state index in [2.05, 4.69) is 31.9 Å². The van der Waals surface area contributed by atoms with Crippen LogP contribution in [0.5, 0.6) is 0 Å². The van der Waals surface area contributed by atoms with Crippen LogP contribution in [-0.4, -0.2) is 18.9 Å². The molecule has 7 heteroatoms. The maximum absolute atomic E-state index is 13.3. The van der Waals surface area contributed by atoms with E-state index < -0.39 is 21.8 Å². The van der Waals surface area contributed by atoms with Crippen LogP contribution in [0.25, 0.3) is 0 Å². The summed E-state index contributed by atoms with van der Waals surface area (Å²) >= 11 is 0. The average Bonchev–Trinajstić information content (AvgIpc) is 2.87. The maximum atomic E-state index is 13.3. The number of carbonyl (C=O) groups is 1. The third kappa shape index (κ3) is 20.8. The summed E-state index contributed by atoms with van der Waals surface area (Å²) in [6, 6.07) is 0. The number of rotatable bonds is 28. The molecule has 0 aliphatic carbocycles. The van der Waals surface area contributed by atoms with Crippen LogP contribution in [0.2, 0.25) is 0 Å². The van der Waals surface area contributed by atoms with Crippen LogP contribution in [0, 0.1) is 11.3 Å².